The van der Waals surface area contributed by atoms with Crippen LogP contribution in [0.5, 0.6) is 0 Å². The van der Waals surface area contributed by atoms with Gasteiger partial charge in [-0.25, -0.2) is 0 Å². The summed E-state index contributed by atoms with van der Waals surface area (Å²) in [4.78, 5) is 26.1. The van der Waals surface area contributed by atoms with E-state index in [1.54, 1.807) is 12.1 Å². The number of nitrogen functional groups attached to an aromatic ring is 1. The molecule has 0 fully saturated rings. The number of rotatable bonds is 4. The number of carbonyl (C=O) groups excluding carboxylic acids is 2. The Bertz CT molecular complexity index is 699. The lowest BCUT2D eigenvalue weighted by Crippen LogP contribution is -2.39. The average Bonchev–Trinajstić information content (AvgIpc) is 2.56. The van der Waals surface area contributed by atoms with Crippen LogP contribution in [0.25, 0.3) is 0 Å². The molecular formula is C18H21N3O2. The molecule has 0 atom stereocenters. The van der Waals surface area contributed by atoms with E-state index >= 15 is 0 Å². The standard InChI is InChI=1S/C18H21N3O2/c1-3-21(12-14-7-5-4-6-8-14)18(23)17(22)20-16-11-13(2)9-10-15(16)19/h4-11H,3,12,19H2,1-2H3,(H,20,22). The van der Waals surface area contributed by atoms with Crippen molar-refractivity contribution in [3.8, 4) is 0 Å². The van der Waals surface area contributed by atoms with Crippen molar-refractivity contribution < 1.29 is 9.59 Å². The van der Waals surface area contributed by atoms with Gasteiger partial charge in [0.05, 0.1) is 11.4 Å². The van der Waals surface area contributed by atoms with Crippen LogP contribution < -0.4 is 11.1 Å². The van der Waals surface area contributed by atoms with E-state index in [1.165, 1.54) is 4.90 Å². The molecule has 2 aromatic carbocycles. The fourth-order valence-corrected chi connectivity index (χ4v) is 2.23. The summed E-state index contributed by atoms with van der Waals surface area (Å²) in [5, 5.41) is 2.60. The van der Waals surface area contributed by atoms with Crippen LogP contribution in [0.2, 0.25) is 0 Å². The maximum absolute atomic E-state index is 12.4. The van der Waals surface area contributed by atoms with Gasteiger partial charge in [-0.15, -0.1) is 0 Å². The third-order valence-corrected chi connectivity index (χ3v) is 3.54. The van der Waals surface area contributed by atoms with Crippen molar-refractivity contribution in [2.75, 3.05) is 17.6 Å². The SMILES string of the molecule is CCN(Cc1ccccc1)C(=O)C(=O)Nc1cc(C)ccc1N. The van der Waals surface area contributed by atoms with Crippen molar-refractivity contribution in [2.24, 2.45) is 0 Å². The van der Waals surface area contributed by atoms with Gasteiger partial charge in [0, 0.05) is 13.1 Å². The maximum atomic E-state index is 12.4. The molecule has 3 N–H and O–H groups in total. The van der Waals surface area contributed by atoms with Gasteiger partial charge >= 0.3 is 11.8 Å². The Morgan fingerprint density at radius 3 is 2.48 bits per heavy atom. The van der Waals surface area contributed by atoms with Crippen LogP contribution in [0.3, 0.4) is 0 Å². The first-order chi connectivity index (χ1) is 11.0. The van der Waals surface area contributed by atoms with Crippen LogP contribution in [0.15, 0.2) is 48.5 Å². The molecule has 0 saturated carbocycles. The number of nitrogens with one attached hydrogen (secondary N) is 1. The zero-order chi connectivity index (χ0) is 16.8. The van der Waals surface area contributed by atoms with Crippen LogP contribution in [-0.4, -0.2) is 23.3 Å². The smallest absolute Gasteiger partial charge is 0.313 e. The quantitative estimate of drug-likeness (QED) is 0.673. The lowest BCUT2D eigenvalue weighted by Gasteiger charge is -2.20. The molecule has 0 spiro atoms. The van der Waals surface area contributed by atoms with E-state index in [0.717, 1.165) is 11.1 Å². The summed E-state index contributed by atoms with van der Waals surface area (Å²) in [5.41, 5.74) is 8.66. The van der Waals surface area contributed by atoms with Crippen molar-refractivity contribution in [3.63, 3.8) is 0 Å². The van der Waals surface area contributed by atoms with Crippen molar-refractivity contribution in [2.45, 2.75) is 20.4 Å². The molecule has 5 heteroatoms. The fourth-order valence-electron chi connectivity index (χ4n) is 2.23. The van der Waals surface area contributed by atoms with Gasteiger partial charge in [0.1, 0.15) is 0 Å². The molecule has 120 valence electrons. The number of anilines is 2. The Morgan fingerprint density at radius 1 is 1.13 bits per heavy atom. The molecule has 0 aliphatic carbocycles. The van der Waals surface area contributed by atoms with Crippen LogP contribution in [0.1, 0.15) is 18.1 Å². The zero-order valence-electron chi connectivity index (χ0n) is 13.4. The Labute approximate surface area is 136 Å². The molecule has 0 aromatic heterocycles. The summed E-state index contributed by atoms with van der Waals surface area (Å²) in [6.07, 6.45) is 0. The van der Waals surface area contributed by atoms with E-state index in [-0.39, 0.29) is 0 Å². The van der Waals surface area contributed by atoms with Gasteiger partial charge in [-0.1, -0.05) is 36.4 Å². The minimum absolute atomic E-state index is 0.396. The molecule has 23 heavy (non-hydrogen) atoms. The highest BCUT2D eigenvalue weighted by molar-refractivity contribution is 6.39. The molecule has 0 heterocycles. The van der Waals surface area contributed by atoms with Gasteiger partial charge in [0.15, 0.2) is 0 Å². The summed E-state index contributed by atoms with van der Waals surface area (Å²) >= 11 is 0. The van der Waals surface area contributed by atoms with E-state index in [1.807, 2.05) is 50.2 Å². The summed E-state index contributed by atoms with van der Waals surface area (Å²) in [6, 6.07) is 14.9. The molecule has 0 unspecified atom stereocenters. The molecule has 0 radical (unpaired) electrons. The van der Waals surface area contributed by atoms with Crippen molar-refractivity contribution >= 4 is 23.2 Å². The minimum Gasteiger partial charge on any atom is -0.397 e. The van der Waals surface area contributed by atoms with E-state index in [0.29, 0.717) is 24.5 Å². The number of nitrogens with two attached hydrogens (primary N) is 1. The molecular weight excluding hydrogens is 290 g/mol. The molecule has 2 aromatic rings. The summed E-state index contributed by atoms with van der Waals surface area (Å²) in [5.74, 6) is -1.25. The van der Waals surface area contributed by atoms with Gasteiger partial charge < -0.3 is 16.0 Å². The van der Waals surface area contributed by atoms with Crippen molar-refractivity contribution in [1.29, 1.82) is 0 Å². The van der Waals surface area contributed by atoms with E-state index in [2.05, 4.69) is 5.32 Å². The highest BCUT2D eigenvalue weighted by Gasteiger charge is 2.21. The van der Waals surface area contributed by atoms with Gasteiger partial charge in [-0.3, -0.25) is 9.59 Å². The van der Waals surface area contributed by atoms with E-state index in [9.17, 15) is 9.59 Å². The van der Waals surface area contributed by atoms with E-state index in [4.69, 9.17) is 5.73 Å². The normalized spacial score (nSPS) is 10.2. The zero-order valence-corrected chi connectivity index (χ0v) is 13.4. The second-order valence-corrected chi connectivity index (χ2v) is 5.35. The number of benzene rings is 2. The molecule has 0 saturated heterocycles. The average molecular weight is 311 g/mol. The first-order valence-electron chi connectivity index (χ1n) is 7.51. The minimum atomic E-state index is -0.680. The van der Waals surface area contributed by atoms with Gasteiger partial charge in [0.2, 0.25) is 0 Å². The summed E-state index contributed by atoms with van der Waals surface area (Å²) in [7, 11) is 0. The second kappa shape index (κ2) is 7.45. The Balaban J connectivity index is 2.08. The topological polar surface area (TPSA) is 75.4 Å². The van der Waals surface area contributed by atoms with Gasteiger partial charge in [-0.2, -0.15) is 0 Å². The highest BCUT2D eigenvalue weighted by Crippen LogP contribution is 2.19. The Hall–Kier alpha value is -2.82. The number of aryl methyl sites for hydroxylation is 1. The summed E-state index contributed by atoms with van der Waals surface area (Å²) < 4.78 is 0. The molecule has 5 nitrogen and oxygen atoms in total. The lowest BCUT2D eigenvalue weighted by atomic mass is 10.2. The maximum Gasteiger partial charge on any atom is 0.313 e. The first-order valence-corrected chi connectivity index (χ1v) is 7.51. The van der Waals surface area contributed by atoms with Crippen molar-refractivity contribution in [1.82, 2.24) is 4.90 Å². The number of carbonyl (C=O) groups is 2. The first kappa shape index (κ1) is 16.5. The van der Waals surface area contributed by atoms with Crippen molar-refractivity contribution in [3.05, 3.63) is 59.7 Å². The van der Waals surface area contributed by atoms with E-state index < -0.39 is 11.8 Å². The predicted molar refractivity (Wildman–Crippen MR) is 91.8 cm³/mol. The van der Waals surface area contributed by atoms with Gasteiger partial charge in [0.25, 0.3) is 0 Å². The largest absolute Gasteiger partial charge is 0.397 e. The number of amides is 2. The Kier molecular flexibility index (Phi) is 5.36. The monoisotopic (exact) mass is 311 g/mol. The molecule has 0 aliphatic rings. The number of hydrogen-bond acceptors (Lipinski definition) is 3. The lowest BCUT2D eigenvalue weighted by molar-refractivity contribution is -0.143. The third kappa shape index (κ3) is 4.32. The molecule has 2 rings (SSSR count). The number of hydrogen-bond donors (Lipinski definition) is 2. The molecule has 2 amide bonds. The number of likely N-dealkylation sites (N-methyl/N-ethyl adjacent to an activating group) is 1. The molecule has 0 bridgehead atoms. The third-order valence-electron chi connectivity index (χ3n) is 3.54. The Morgan fingerprint density at radius 2 is 1.83 bits per heavy atom. The number of nitrogens with zero attached hydrogens (tertiary/aromatic N) is 1. The van der Waals surface area contributed by atoms with Crippen LogP contribution in [-0.2, 0) is 16.1 Å². The van der Waals surface area contributed by atoms with Crippen LogP contribution in [0, 0.1) is 6.92 Å². The molecule has 0 aliphatic heterocycles. The van der Waals surface area contributed by atoms with Gasteiger partial charge in [-0.05, 0) is 37.1 Å². The van der Waals surface area contributed by atoms with Crippen LogP contribution >= 0.6 is 0 Å². The predicted octanol–water partition coefficient (Wildman–Crippen LogP) is 2.56. The second-order valence-electron chi connectivity index (χ2n) is 5.35. The fraction of sp³-hybridized carbons (Fsp3) is 0.222. The van der Waals surface area contributed by atoms with Crippen LogP contribution in [0.4, 0.5) is 11.4 Å². The highest BCUT2D eigenvalue weighted by atomic mass is 16.2. The summed E-state index contributed by atoms with van der Waals surface area (Å²) in [6.45, 7) is 4.58.